The molecular formula is C8H12N2S. The second-order valence-corrected chi connectivity index (χ2v) is 2.79. The van der Waals surface area contributed by atoms with E-state index in [1.165, 1.54) is 5.56 Å². The second-order valence-electron chi connectivity index (χ2n) is 2.51. The zero-order valence-electron chi connectivity index (χ0n) is 6.57. The summed E-state index contributed by atoms with van der Waals surface area (Å²) in [4.78, 5) is 6.06. The third kappa shape index (κ3) is 2.91. The van der Waals surface area contributed by atoms with E-state index in [0.717, 1.165) is 12.4 Å². The molecule has 0 saturated carbocycles. The van der Waals surface area contributed by atoms with Crippen LogP contribution in [0.2, 0.25) is 0 Å². The molecule has 0 atom stereocenters. The molecule has 1 aromatic heterocycles. The number of nitrogens with zero attached hydrogens (tertiary/aromatic N) is 2. The molecule has 1 rings (SSSR count). The Balaban J connectivity index is 2.51. The molecule has 0 aliphatic heterocycles. The molecule has 0 unspecified atom stereocenters. The second kappa shape index (κ2) is 4.36. The van der Waals surface area contributed by atoms with Crippen molar-refractivity contribution in [2.24, 2.45) is 0 Å². The molecule has 0 radical (unpaired) electrons. The summed E-state index contributed by atoms with van der Waals surface area (Å²) in [7, 11) is 2.04. The van der Waals surface area contributed by atoms with Gasteiger partial charge in [0.1, 0.15) is 0 Å². The highest BCUT2D eigenvalue weighted by Gasteiger charge is 1.95. The monoisotopic (exact) mass is 168 g/mol. The van der Waals surface area contributed by atoms with Crippen molar-refractivity contribution in [2.45, 2.75) is 6.54 Å². The van der Waals surface area contributed by atoms with E-state index in [0.29, 0.717) is 0 Å². The van der Waals surface area contributed by atoms with Crippen LogP contribution in [0.1, 0.15) is 5.56 Å². The number of rotatable bonds is 3. The highest BCUT2D eigenvalue weighted by molar-refractivity contribution is 7.80. The Morgan fingerprint density at radius 2 is 2.09 bits per heavy atom. The van der Waals surface area contributed by atoms with Crippen molar-refractivity contribution in [3.8, 4) is 0 Å². The average molecular weight is 168 g/mol. The molecule has 0 N–H and O–H groups in total. The number of hydrogen-bond donors (Lipinski definition) is 1. The molecule has 0 amide bonds. The molecule has 0 aliphatic carbocycles. The zero-order valence-corrected chi connectivity index (χ0v) is 7.46. The Morgan fingerprint density at radius 1 is 1.45 bits per heavy atom. The molecular weight excluding hydrogens is 156 g/mol. The minimum absolute atomic E-state index is 0.780. The van der Waals surface area contributed by atoms with Gasteiger partial charge in [-0.2, -0.15) is 12.6 Å². The van der Waals surface area contributed by atoms with Gasteiger partial charge in [-0.25, -0.2) is 0 Å². The van der Waals surface area contributed by atoms with Crippen LogP contribution in [0.25, 0.3) is 0 Å². The summed E-state index contributed by atoms with van der Waals surface area (Å²) in [6.45, 7) is 0.937. The molecule has 3 heteroatoms. The Bertz CT molecular complexity index is 201. The summed E-state index contributed by atoms with van der Waals surface area (Å²) in [6, 6.07) is 4.03. The third-order valence-electron chi connectivity index (χ3n) is 1.44. The number of aromatic nitrogens is 1. The lowest BCUT2D eigenvalue weighted by molar-refractivity contribution is 0.387. The maximum atomic E-state index is 4.16. The van der Waals surface area contributed by atoms with E-state index in [-0.39, 0.29) is 0 Å². The standard InChI is InChI=1S/C8H12N2S/c1-10(7-11)6-8-2-4-9-5-3-8/h2-5,11H,6-7H2,1H3. The van der Waals surface area contributed by atoms with E-state index in [1.807, 2.05) is 31.6 Å². The van der Waals surface area contributed by atoms with Crippen molar-refractivity contribution < 1.29 is 0 Å². The lowest BCUT2D eigenvalue weighted by atomic mass is 10.3. The van der Waals surface area contributed by atoms with Gasteiger partial charge in [0.15, 0.2) is 0 Å². The molecule has 60 valence electrons. The summed E-state index contributed by atoms with van der Waals surface area (Å²) >= 11 is 4.16. The van der Waals surface area contributed by atoms with Crippen LogP contribution in [0.4, 0.5) is 0 Å². The Morgan fingerprint density at radius 3 is 2.64 bits per heavy atom. The van der Waals surface area contributed by atoms with Crippen LogP contribution in [0.5, 0.6) is 0 Å². The van der Waals surface area contributed by atoms with E-state index >= 15 is 0 Å². The van der Waals surface area contributed by atoms with Gasteiger partial charge >= 0.3 is 0 Å². The topological polar surface area (TPSA) is 16.1 Å². The number of thiol groups is 1. The van der Waals surface area contributed by atoms with E-state index in [2.05, 4.69) is 22.5 Å². The molecule has 0 bridgehead atoms. The van der Waals surface area contributed by atoms with E-state index in [9.17, 15) is 0 Å². The fourth-order valence-corrected chi connectivity index (χ4v) is 0.950. The predicted octanol–water partition coefficient (Wildman–Crippen LogP) is 1.40. The largest absolute Gasteiger partial charge is 0.293 e. The van der Waals surface area contributed by atoms with Crippen LogP contribution < -0.4 is 0 Å². The fraction of sp³-hybridized carbons (Fsp3) is 0.375. The molecule has 0 saturated heterocycles. The molecule has 2 nitrogen and oxygen atoms in total. The summed E-state index contributed by atoms with van der Waals surface area (Å²) in [5, 5.41) is 0. The molecule has 0 fully saturated rings. The van der Waals surface area contributed by atoms with Crippen LogP contribution in [-0.2, 0) is 6.54 Å². The third-order valence-corrected chi connectivity index (χ3v) is 1.93. The van der Waals surface area contributed by atoms with Crippen LogP contribution in [0.15, 0.2) is 24.5 Å². The summed E-state index contributed by atoms with van der Waals surface area (Å²) in [5.41, 5.74) is 1.27. The van der Waals surface area contributed by atoms with Crippen molar-refractivity contribution in [2.75, 3.05) is 12.9 Å². The van der Waals surface area contributed by atoms with Crippen LogP contribution >= 0.6 is 12.6 Å². The molecule has 0 aliphatic rings. The predicted molar refractivity (Wildman–Crippen MR) is 49.6 cm³/mol. The van der Waals surface area contributed by atoms with Gasteiger partial charge in [0.25, 0.3) is 0 Å². The molecule has 1 aromatic rings. The molecule has 11 heavy (non-hydrogen) atoms. The van der Waals surface area contributed by atoms with Crippen LogP contribution in [0.3, 0.4) is 0 Å². The lowest BCUT2D eigenvalue weighted by Crippen LogP contribution is -2.15. The molecule has 0 spiro atoms. The maximum Gasteiger partial charge on any atom is 0.0414 e. The smallest absolute Gasteiger partial charge is 0.0414 e. The SMILES string of the molecule is CN(CS)Cc1ccncc1. The van der Waals surface area contributed by atoms with Gasteiger partial charge in [-0.15, -0.1) is 0 Å². The Kier molecular flexibility index (Phi) is 3.39. The molecule has 1 heterocycles. The van der Waals surface area contributed by atoms with Gasteiger partial charge in [0.2, 0.25) is 0 Å². The van der Waals surface area contributed by atoms with E-state index in [1.54, 1.807) is 0 Å². The average Bonchev–Trinajstić information content (AvgIpc) is 2.06. The fourth-order valence-electron chi connectivity index (χ4n) is 0.850. The van der Waals surface area contributed by atoms with Crippen LogP contribution in [-0.4, -0.2) is 22.8 Å². The minimum Gasteiger partial charge on any atom is -0.293 e. The first-order valence-corrected chi connectivity index (χ1v) is 4.14. The van der Waals surface area contributed by atoms with Gasteiger partial charge in [-0.05, 0) is 24.7 Å². The van der Waals surface area contributed by atoms with Crippen molar-refractivity contribution in [1.29, 1.82) is 0 Å². The first kappa shape index (κ1) is 8.56. The highest BCUT2D eigenvalue weighted by atomic mass is 32.1. The van der Waals surface area contributed by atoms with Gasteiger partial charge < -0.3 is 0 Å². The quantitative estimate of drug-likeness (QED) is 0.542. The first-order chi connectivity index (χ1) is 5.33. The van der Waals surface area contributed by atoms with E-state index < -0.39 is 0 Å². The maximum absolute atomic E-state index is 4.16. The Labute approximate surface area is 72.7 Å². The zero-order chi connectivity index (χ0) is 8.10. The lowest BCUT2D eigenvalue weighted by Gasteiger charge is -2.12. The van der Waals surface area contributed by atoms with Gasteiger partial charge in [0.05, 0.1) is 0 Å². The number of pyridine rings is 1. The Hall–Kier alpha value is -0.540. The number of hydrogen-bond acceptors (Lipinski definition) is 3. The van der Waals surface area contributed by atoms with Crippen LogP contribution in [0, 0.1) is 0 Å². The normalized spacial score (nSPS) is 10.5. The van der Waals surface area contributed by atoms with Crippen molar-refractivity contribution in [3.05, 3.63) is 30.1 Å². The highest BCUT2D eigenvalue weighted by Crippen LogP contribution is 2.00. The summed E-state index contributed by atoms with van der Waals surface area (Å²) in [6.07, 6.45) is 3.61. The van der Waals surface area contributed by atoms with Crippen molar-refractivity contribution in [3.63, 3.8) is 0 Å². The molecule has 0 aromatic carbocycles. The van der Waals surface area contributed by atoms with Gasteiger partial charge in [-0.3, -0.25) is 9.88 Å². The van der Waals surface area contributed by atoms with Gasteiger partial charge in [-0.1, -0.05) is 0 Å². The first-order valence-electron chi connectivity index (χ1n) is 3.51. The van der Waals surface area contributed by atoms with Crippen molar-refractivity contribution in [1.82, 2.24) is 9.88 Å². The van der Waals surface area contributed by atoms with Gasteiger partial charge in [0, 0.05) is 24.8 Å². The van der Waals surface area contributed by atoms with Crippen molar-refractivity contribution >= 4 is 12.6 Å². The summed E-state index contributed by atoms with van der Waals surface area (Å²) in [5.74, 6) is 0.780. The summed E-state index contributed by atoms with van der Waals surface area (Å²) < 4.78 is 0. The van der Waals surface area contributed by atoms with E-state index in [4.69, 9.17) is 0 Å². The minimum atomic E-state index is 0.780.